The molecule has 0 fully saturated rings. The van der Waals surface area contributed by atoms with Crippen LogP contribution in [0.25, 0.3) is 42.3 Å². The number of ether oxygens (including phenoxy) is 1. The van der Waals surface area contributed by atoms with Crippen molar-refractivity contribution in [1.82, 2.24) is 0 Å². The van der Waals surface area contributed by atoms with Crippen LogP contribution in [0.15, 0.2) is 69.9 Å². The Morgan fingerprint density at radius 3 is 2.45 bits per heavy atom. The molecule has 0 atom stereocenters. The van der Waals surface area contributed by atoms with Gasteiger partial charge in [0.15, 0.2) is 5.43 Å². The number of aromatic hydroxyl groups is 1. The van der Waals surface area contributed by atoms with Gasteiger partial charge < -0.3 is 19.1 Å². The van der Waals surface area contributed by atoms with E-state index < -0.39 is 0 Å². The third kappa shape index (κ3) is 4.29. The Hall–Kier alpha value is -2.54. The second-order valence-electron chi connectivity index (χ2n) is 6.63. The Kier molecular flexibility index (Phi) is 7.26. The molecule has 5 rings (SSSR count). The van der Waals surface area contributed by atoms with Crippen molar-refractivity contribution in [1.29, 1.82) is 0 Å². The van der Waals surface area contributed by atoms with Gasteiger partial charge in [0.25, 0.3) is 0 Å². The summed E-state index contributed by atoms with van der Waals surface area (Å²) in [7, 11) is 1.26. The molecule has 0 unspecified atom stereocenters. The Morgan fingerprint density at radius 1 is 1.00 bits per heavy atom. The molecule has 0 bridgehead atoms. The van der Waals surface area contributed by atoms with E-state index in [4.69, 9.17) is 9.21 Å². The maximum absolute atomic E-state index is 12.3. The van der Waals surface area contributed by atoms with E-state index in [9.17, 15) is 9.90 Å². The van der Waals surface area contributed by atoms with Gasteiger partial charge in [-0.15, -0.1) is 11.3 Å². The van der Waals surface area contributed by atoms with Crippen LogP contribution in [0.2, 0.25) is 0 Å². The van der Waals surface area contributed by atoms with E-state index in [-0.39, 0.29) is 43.9 Å². The van der Waals surface area contributed by atoms with Gasteiger partial charge in [0.2, 0.25) is 0 Å². The number of phenols is 1. The Labute approximate surface area is 207 Å². The molecule has 3 aromatic carbocycles. The molecule has 0 amide bonds. The molecule has 5 aromatic rings. The maximum Gasteiger partial charge on any atom is 0.192 e. The van der Waals surface area contributed by atoms with Gasteiger partial charge in [-0.25, -0.2) is 0 Å². The fourth-order valence-electron chi connectivity index (χ4n) is 3.53. The normalized spacial score (nSPS) is 10.4. The number of aryl methyl sites for hydroxylation is 1. The third-order valence-electron chi connectivity index (χ3n) is 4.76. The van der Waals surface area contributed by atoms with Gasteiger partial charge in [0.05, 0.1) is 5.39 Å². The number of fused-ring (bicyclic) bond motifs is 4. The largest absolute Gasteiger partial charge is 0.655 e. The molecule has 0 aliphatic carbocycles. The maximum atomic E-state index is 12.3. The van der Waals surface area contributed by atoms with Gasteiger partial charge in [-0.2, -0.15) is 0 Å². The van der Waals surface area contributed by atoms with Crippen LogP contribution in [0.5, 0.6) is 5.75 Å². The monoisotopic (exact) mass is 506 g/mol. The van der Waals surface area contributed by atoms with Crippen molar-refractivity contribution in [3.63, 3.8) is 0 Å². The summed E-state index contributed by atoms with van der Waals surface area (Å²) < 4.78 is 11.8. The molecule has 0 saturated heterocycles. The van der Waals surface area contributed by atoms with E-state index in [1.165, 1.54) is 19.6 Å². The minimum Gasteiger partial charge on any atom is -0.655 e. The Bertz CT molecular complexity index is 1450. The molecule has 0 aliphatic heterocycles. The van der Waals surface area contributed by atoms with Crippen molar-refractivity contribution in [2.24, 2.45) is 0 Å². The van der Waals surface area contributed by atoms with Crippen molar-refractivity contribution in [2.75, 3.05) is 7.11 Å². The van der Waals surface area contributed by atoms with E-state index in [1.807, 2.05) is 36.4 Å². The zero-order chi connectivity index (χ0) is 21.3. The first-order valence-corrected chi connectivity index (χ1v) is 9.94. The van der Waals surface area contributed by atoms with Gasteiger partial charge in [-0.3, -0.25) is 4.79 Å². The summed E-state index contributed by atoms with van der Waals surface area (Å²) in [5, 5.41) is 12.9. The van der Waals surface area contributed by atoms with Crippen molar-refractivity contribution < 1.29 is 51.8 Å². The van der Waals surface area contributed by atoms with E-state index >= 15 is 0 Å². The van der Waals surface area contributed by atoms with Gasteiger partial charge in [0, 0.05) is 77.2 Å². The predicted molar refractivity (Wildman–Crippen MR) is 120 cm³/mol. The van der Waals surface area contributed by atoms with Crippen LogP contribution in [0.4, 0.5) is 0 Å². The molecule has 153 valence electrons. The third-order valence-corrected chi connectivity index (χ3v) is 5.96. The summed E-state index contributed by atoms with van der Waals surface area (Å²) in [6.45, 7) is 2.96. The molecular formula is C24H17O5SY-. The van der Waals surface area contributed by atoms with Crippen molar-refractivity contribution in [2.45, 2.75) is 6.92 Å². The minimum atomic E-state index is -0.0445. The molecule has 31 heavy (non-hydrogen) atoms. The molecule has 0 saturated carbocycles. The van der Waals surface area contributed by atoms with E-state index in [0.29, 0.717) is 16.7 Å². The van der Waals surface area contributed by atoms with Crippen molar-refractivity contribution >= 4 is 49.0 Å². The molecule has 0 aliphatic rings. The summed E-state index contributed by atoms with van der Waals surface area (Å²) in [6.07, 6.45) is 0. The molecule has 1 radical (unpaired) electrons. The fraction of sp³-hybridized carbons (Fsp3) is 0.0833. The van der Waals surface area contributed by atoms with Gasteiger partial charge in [-0.05, 0) is 31.2 Å². The van der Waals surface area contributed by atoms with E-state index in [0.717, 1.165) is 31.3 Å². The first-order valence-electron chi connectivity index (χ1n) is 9.12. The second kappa shape index (κ2) is 9.73. The number of rotatable bonds is 2. The van der Waals surface area contributed by atoms with Gasteiger partial charge in [0.1, 0.15) is 17.1 Å². The molecule has 7 heteroatoms. The summed E-state index contributed by atoms with van der Waals surface area (Å²) in [6, 6.07) is 18.8. The first kappa shape index (κ1) is 23.1. The topological polar surface area (TPSA) is 76.7 Å². The molecule has 5 nitrogen and oxygen atoms in total. The van der Waals surface area contributed by atoms with Crippen molar-refractivity contribution in [3.8, 4) is 16.9 Å². The summed E-state index contributed by atoms with van der Waals surface area (Å²) in [5.41, 5.74) is 2.36. The summed E-state index contributed by atoms with van der Waals surface area (Å²) in [4.78, 5) is 21.2. The predicted octanol–water partition coefficient (Wildman–Crippen LogP) is 5.54. The standard InChI is InChI=1S/C22H14O3S.C2H3O2.Y/c1-12-11-18(24)15-7-4-6-13(21(15)25-12)14-9-10-17(23)20-16-5-2-3-8-19(16)26-22(14)20;1-4-2-3;/h2-11,23H,1H3;1H3;/q;-1;. The second-order valence-corrected chi connectivity index (χ2v) is 7.68. The van der Waals surface area contributed by atoms with Crippen LogP contribution >= 0.6 is 11.3 Å². The SMILES string of the molecule is CO[C-]=O.Cc1cc(=O)c2cccc(-c3ccc(O)c4c3sc3ccccc34)c2o1.[Y]. The number of thiophene rings is 1. The number of hydrogen-bond donors (Lipinski definition) is 1. The molecule has 0 spiro atoms. The first-order chi connectivity index (χ1) is 14.5. The number of benzene rings is 3. The number of hydrogen-bond acceptors (Lipinski definition) is 6. The van der Waals surface area contributed by atoms with Gasteiger partial charge in [-0.1, -0.05) is 36.8 Å². The van der Waals surface area contributed by atoms with Crippen molar-refractivity contribution in [3.05, 3.63) is 76.6 Å². The van der Waals surface area contributed by atoms with Crippen LogP contribution in [-0.2, 0) is 42.2 Å². The van der Waals surface area contributed by atoms with Crippen LogP contribution in [-0.4, -0.2) is 18.7 Å². The number of para-hydroxylation sites is 1. The number of phenolic OH excluding ortho intramolecular Hbond substituents is 1. The molecule has 2 heterocycles. The zero-order valence-corrected chi connectivity index (χ0v) is 20.5. The molecular weight excluding hydrogens is 489 g/mol. The average molecular weight is 506 g/mol. The number of carbonyl (C=O) groups excluding carboxylic acids is 1. The van der Waals surface area contributed by atoms with E-state index in [2.05, 4.69) is 10.8 Å². The summed E-state index contributed by atoms with van der Waals surface area (Å²) >= 11 is 1.63. The minimum absolute atomic E-state index is 0. The summed E-state index contributed by atoms with van der Waals surface area (Å²) in [5.74, 6) is 0.848. The van der Waals surface area contributed by atoms with Crippen LogP contribution < -0.4 is 5.43 Å². The van der Waals surface area contributed by atoms with Crippen LogP contribution in [0.1, 0.15) is 5.76 Å². The fourth-order valence-corrected chi connectivity index (χ4v) is 4.78. The molecule has 1 N–H and O–H groups in total. The Balaban J connectivity index is 0.000000504. The van der Waals surface area contributed by atoms with Crippen LogP contribution in [0.3, 0.4) is 0 Å². The smallest absolute Gasteiger partial charge is 0.192 e. The van der Waals surface area contributed by atoms with E-state index in [1.54, 1.807) is 30.4 Å². The zero-order valence-electron chi connectivity index (χ0n) is 16.8. The van der Waals surface area contributed by atoms with Crippen LogP contribution in [0, 0.1) is 6.92 Å². The number of methoxy groups -OCH3 is 1. The van der Waals surface area contributed by atoms with Gasteiger partial charge >= 0.3 is 0 Å². The average Bonchev–Trinajstić information content (AvgIpc) is 3.14. The Morgan fingerprint density at radius 2 is 1.71 bits per heavy atom. The molecule has 2 aromatic heterocycles. The quantitative estimate of drug-likeness (QED) is 0.318.